The SMILES string of the molecule is O=C(NC1CC1)C1CCN(c2ccccc2Br)C1=O. The van der Waals surface area contributed by atoms with Crippen molar-refractivity contribution >= 4 is 33.4 Å². The van der Waals surface area contributed by atoms with Gasteiger partial charge in [-0.05, 0) is 47.3 Å². The van der Waals surface area contributed by atoms with Gasteiger partial charge in [-0.1, -0.05) is 12.1 Å². The van der Waals surface area contributed by atoms with E-state index in [0.29, 0.717) is 19.0 Å². The van der Waals surface area contributed by atoms with E-state index in [9.17, 15) is 9.59 Å². The van der Waals surface area contributed by atoms with Crippen LogP contribution in [-0.2, 0) is 9.59 Å². The van der Waals surface area contributed by atoms with Crippen LogP contribution in [0.1, 0.15) is 19.3 Å². The molecule has 1 aromatic rings. The topological polar surface area (TPSA) is 49.4 Å². The molecular formula is C14H15BrN2O2. The average molecular weight is 323 g/mol. The first-order valence-electron chi connectivity index (χ1n) is 6.53. The third-order valence-corrected chi connectivity index (χ3v) is 4.26. The van der Waals surface area contributed by atoms with Crippen LogP contribution in [0, 0.1) is 5.92 Å². The normalized spacial score (nSPS) is 22.7. The molecule has 1 saturated carbocycles. The van der Waals surface area contributed by atoms with Crippen LogP contribution in [0.15, 0.2) is 28.7 Å². The summed E-state index contributed by atoms with van der Waals surface area (Å²) in [5, 5.41) is 2.91. The fraction of sp³-hybridized carbons (Fsp3) is 0.429. The van der Waals surface area contributed by atoms with E-state index in [4.69, 9.17) is 0 Å². The molecule has 2 fully saturated rings. The molecule has 0 radical (unpaired) electrons. The van der Waals surface area contributed by atoms with E-state index in [0.717, 1.165) is 23.0 Å². The molecule has 1 aliphatic carbocycles. The van der Waals surface area contributed by atoms with Crippen molar-refractivity contribution in [2.24, 2.45) is 5.92 Å². The maximum Gasteiger partial charge on any atom is 0.239 e. The number of amides is 2. The number of hydrogen-bond donors (Lipinski definition) is 1. The molecule has 5 heteroatoms. The number of hydrogen-bond acceptors (Lipinski definition) is 2. The third-order valence-electron chi connectivity index (χ3n) is 3.59. The largest absolute Gasteiger partial charge is 0.353 e. The predicted octanol–water partition coefficient (Wildman–Crippen LogP) is 2.08. The summed E-state index contributed by atoms with van der Waals surface area (Å²) in [6.45, 7) is 0.601. The maximum atomic E-state index is 12.3. The zero-order valence-corrected chi connectivity index (χ0v) is 12.0. The summed E-state index contributed by atoms with van der Waals surface area (Å²) >= 11 is 3.45. The number of para-hydroxylation sites is 1. The second-order valence-corrected chi connectivity index (χ2v) is 5.92. The summed E-state index contributed by atoms with van der Waals surface area (Å²) in [6, 6.07) is 7.90. The van der Waals surface area contributed by atoms with Crippen molar-refractivity contribution in [1.29, 1.82) is 0 Å². The first kappa shape index (κ1) is 12.7. The predicted molar refractivity (Wildman–Crippen MR) is 75.8 cm³/mol. The average Bonchev–Trinajstić information content (AvgIpc) is 3.12. The lowest BCUT2D eigenvalue weighted by atomic mass is 10.1. The summed E-state index contributed by atoms with van der Waals surface area (Å²) < 4.78 is 0.881. The van der Waals surface area contributed by atoms with Crippen molar-refractivity contribution in [1.82, 2.24) is 5.32 Å². The van der Waals surface area contributed by atoms with Crippen molar-refractivity contribution in [2.75, 3.05) is 11.4 Å². The lowest BCUT2D eigenvalue weighted by molar-refractivity contribution is -0.132. The highest BCUT2D eigenvalue weighted by Gasteiger charge is 2.39. The molecule has 1 saturated heterocycles. The van der Waals surface area contributed by atoms with Gasteiger partial charge in [-0.3, -0.25) is 9.59 Å². The van der Waals surface area contributed by atoms with Crippen LogP contribution in [0.5, 0.6) is 0 Å². The first-order chi connectivity index (χ1) is 9.16. The molecule has 1 atom stereocenters. The zero-order chi connectivity index (χ0) is 13.4. The highest BCUT2D eigenvalue weighted by atomic mass is 79.9. The van der Waals surface area contributed by atoms with Gasteiger partial charge in [0.25, 0.3) is 0 Å². The van der Waals surface area contributed by atoms with Crippen LogP contribution in [-0.4, -0.2) is 24.4 Å². The molecule has 0 spiro atoms. The van der Waals surface area contributed by atoms with Crippen LogP contribution in [0.2, 0.25) is 0 Å². The fourth-order valence-corrected chi connectivity index (χ4v) is 2.86. The Labute approximate surface area is 120 Å². The minimum Gasteiger partial charge on any atom is -0.353 e. The third kappa shape index (κ3) is 2.52. The van der Waals surface area contributed by atoms with Crippen LogP contribution in [0.3, 0.4) is 0 Å². The number of carbonyl (C=O) groups is 2. The Morgan fingerprint density at radius 2 is 2.00 bits per heavy atom. The van der Waals surface area contributed by atoms with Crippen molar-refractivity contribution < 1.29 is 9.59 Å². The Bertz CT molecular complexity index is 528. The minimum absolute atomic E-state index is 0.0925. The highest BCUT2D eigenvalue weighted by Crippen LogP contribution is 2.31. The Morgan fingerprint density at radius 1 is 1.26 bits per heavy atom. The molecule has 4 nitrogen and oxygen atoms in total. The molecule has 3 rings (SSSR count). The molecule has 100 valence electrons. The molecule has 1 aromatic carbocycles. The monoisotopic (exact) mass is 322 g/mol. The molecule has 0 aromatic heterocycles. The van der Waals surface area contributed by atoms with Gasteiger partial charge in [-0.15, -0.1) is 0 Å². The Hall–Kier alpha value is -1.36. The van der Waals surface area contributed by atoms with Gasteiger partial charge in [0, 0.05) is 17.1 Å². The van der Waals surface area contributed by atoms with E-state index < -0.39 is 5.92 Å². The smallest absolute Gasteiger partial charge is 0.239 e. The van der Waals surface area contributed by atoms with Gasteiger partial charge in [0.2, 0.25) is 11.8 Å². The maximum absolute atomic E-state index is 12.3. The number of rotatable bonds is 3. The molecule has 1 N–H and O–H groups in total. The summed E-state index contributed by atoms with van der Waals surface area (Å²) in [7, 11) is 0. The molecule has 2 amide bonds. The van der Waals surface area contributed by atoms with Gasteiger partial charge < -0.3 is 10.2 Å². The molecule has 19 heavy (non-hydrogen) atoms. The number of anilines is 1. The van der Waals surface area contributed by atoms with E-state index in [2.05, 4.69) is 21.2 Å². The van der Waals surface area contributed by atoms with Crippen LogP contribution in [0.4, 0.5) is 5.69 Å². The van der Waals surface area contributed by atoms with Crippen molar-refractivity contribution in [3.05, 3.63) is 28.7 Å². The zero-order valence-electron chi connectivity index (χ0n) is 10.4. The van der Waals surface area contributed by atoms with Gasteiger partial charge in [0.05, 0.1) is 5.69 Å². The quantitative estimate of drug-likeness (QED) is 0.866. The number of nitrogens with zero attached hydrogens (tertiary/aromatic N) is 1. The first-order valence-corrected chi connectivity index (χ1v) is 7.32. The number of carbonyl (C=O) groups excluding carboxylic acids is 2. The molecule has 1 unspecified atom stereocenters. The number of nitrogens with one attached hydrogen (secondary N) is 1. The number of benzene rings is 1. The molecular weight excluding hydrogens is 308 g/mol. The van der Waals surface area contributed by atoms with Gasteiger partial charge >= 0.3 is 0 Å². The molecule has 2 aliphatic rings. The fourth-order valence-electron chi connectivity index (χ4n) is 2.36. The Kier molecular flexibility index (Phi) is 3.31. The lowest BCUT2D eigenvalue weighted by Crippen LogP contribution is -2.37. The summed E-state index contributed by atoms with van der Waals surface area (Å²) in [5.74, 6) is -0.722. The summed E-state index contributed by atoms with van der Waals surface area (Å²) in [4.78, 5) is 26.0. The van der Waals surface area contributed by atoms with Gasteiger partial charge in [-0.25, -0.2) is 0 Å². The van der Waals surface area contributed by atoms with E-state index >= 15 is 0 Å². The number of halogens is 1. The van der Waals surface area contributed by atoms with E-state index in [1.807, 2.05) is 24.3 Å². The van der Waals surface area contributed by atoms with Crippen LogP contribution < -0.4 is 10.2 Å². The van der Waals surface area contributed by atoms with Crippen molar-refractivity contribution in [3.63, 3.8) is 0 Å². The molecule has 1 aliphatic heterocycles. The standard InChI is InChI=1S/C14H15BrN2O2/c15-11-3-1-2-4-12(11)17-8-7-10(14(17)19)13(18)16-9-5-6-9/h1-4,9-10H,5-8H2,(H,16,18). The highest BCUT2D eigenvalue weighted by molar-refractivity contribution is 9.10. The Morgan fingerprint density at radius 3 is 2.68 bits per heavy atom. The van der Waals surface area contributed by atoms with E-state index in [-0.39, 0.29) is 11.8 Å². The van der Waals surface area contributed by atoms with Crippen molar-refractivity contribution in [3.8, 4) is 0 Å². The van der Waals surface area contributed by atoms with E-state index in [1.165, 1.54) is 0 Å². The second-order valence-electron chi connectivity index (χ2n) is 5.07. The summed E-state index contributed by atoms with van der Waals surface area (Å²) in [5.41, 5.74) is 0.842. The minimum atomic E-state index is -0.521. The Balaban J connectivity index is 1.74. The van der Waals surface area contributed by atoms with E-state index in [1.54, 1.807) is 4.90 Å². The van der Waals surface area contributed by atoms with Gasteiger partial charge in [0.1, 0.15) is 5.92 Å². The van der Waals surface area contributed by atoms with Crippen LogP contribution >= 0.6 is 15.9 Å². The molecule has 0 bridgehead atoms. The van der Waals surface area contributed by atoms with Crippen LogP contribution in [0.25, 0.3) is 0 Å². The van der Waals surface area contributed by atoms with Gasteiger partial charge in [-0.2, -0.15) is 0 Å². The van der Waals surface area contributed by atoms with Gasteiger partial charge in [0.15, 0.2) is 0 Å². The lowest BCUT2D eigenvalue weighted by Gasteiger charge is -2.18. The molecule has 1 heterocycles. The van der Waals surface area contributed by atoms with Crippen molar-refractivity contribution in [2.45, 2.75) is 25.3 Å². The second kappa shape index (κ2) is 4.96. The summed E-state index contributed by atoms with van der Waals surface area (Å²) in [6.07, 6.45) is 2.68.